The molecule has 0 saturated heterocycles. The maximum absolute atomic E-state index is 11.9. The molecule has 2 rings (SSSR count). The molecule has 0 radical (unpaired) electrons. The van der Waals surface area contributed by atoms with Crippen LogP contribution >= 0.6 is 11.3 Å². The van der Waals surface area contributed by atoms with Gasteiger partial charge in [0.15, 0.2) is 0 Å². The molecule has 2 aromatic heterocycles. The summed E-state index contributed by atoms with van der Waals surface area (Å²) in [4.78, 5) is 10.1. The second-order valence-electron chi connectivity index (χ2n) is 4.00. The number of hydrogen-bond donors (Lipinski definition) is 1. The van der Waals surface area contributed by atoms with E-state index in [1.165, 1.54) is 11.3 Å². The van der Waals surface area contributed by atoms with E-state index in [1.54, 1.807) is 34.7 Å². The number of sulfonamides is 1. The molecule has 0 aliphatic carbocycles. The van der Waals surface area contributed by atoms with Gasteiger partial charge in [-0.15, -0.1) is 11.3 Å². The second-order valence-corrected chi connectivity index (χ2v) is 6.94. The van der Waals surface area contributed by atoms with E-state index in [0.29, 0.717) is 15.9 Å². The number of nitrogens with zero attached hydrogens (tertiary/aromatic N) is 3. The van der Waals surface area contributed by atoms with Gasteiger partial charge in [-0.1, -0.05) is 6.07 Å². The van der Waals surface area contributed by atoms with Gasteiger partial charge >= 0.3 is 0 Å². The lowest BCUT2D eigenvalue weighted by Gasteiger charge is -2.11. The van der Waals surface area contributed by atoms with Gasteiger partial charge in [0, 0.05) is 20.3 Å². The van der Waals surface area contributed by atoms with Crippen LogP contribution in [-0.4, -0.2) is 32.5 Å². The van der Waals surface area contributed by atoms with E-state index in [2.05, 4.69) is 14.7 Å². The molecule has 1 N–H and O–H groups in total. The largest absolute Gasteiger partial charge is 0.347 e. The van der Waals surface area contributed by atoms with Crippen LogP contribution in [0.15, 0.2) is 34.0 Å². The Balaban J connectivity index is 2.09. The fourth-order valence-electron chi connectivity index (χ4n) is 1.35. The van der Waals surface area contributed by atoms with Crippen LogP contribution in [0.2, 0.25) is 0 Å². The second kappa shape index (κ2) is 5.64. The third kappa shape index (κ3) is 3.49. The van der Waals surface area contributed by atoms with Crippen molar-refractivity contribution in [3.63, 3.8) is 0 Å². The molecule has 6 nitrogen and oxygen atoms in total. The molecule has 102 valence electrons. The lowest BCUT2D eigenvalue weighted by atomic mass is 10.4. The highest BCUT2D eigenvalue weighted by Gasteiger charge is 2.14. The van der Waals surface area contributed by atoms with Crippen molar-refractivity contribution in [3.05, 3.63) is 35.5 Å². The number of aromatic nitrogens is 2. The van der Waals surface area contributed by atoms with Gasteiger partial charge in [-0.3, -0.25) is 0 Å². The molecule has 8 heteroatoms. The van der Waals surface area contributed by atoms with E-state index in [1.807, 2.05) is 14.1 Å². The Bertz CT molecular complexity index is 638. The summed E-state index contributed by atoms with van der Waals surface area (Å²) >= 11 is 1.18. The number of rotatable bonds is 5. The van der Waals surface area contributed by atoms with Crippen LogP contribution in [0.5, 0.6) is 0 Å². The molecule has 0 amide bonds. The van der Waals surface area contributed by atoms with Crippen LogP contribution in [0, 0.1) is 0 Å². The third-order valence-electron chi connectivity index (χ3n) is 2.30. The number of thiophene rings is 1. The molecule has 0 unspecified atom stereocenters. The molecular formula is C11H14N4O2S2. The molecule has 0 aliphatic heterocycles. The van der Waals surface area contributed by atoms with Gasteiger partial charge in [0.2, 0.25) is 16.0 Å². The van der Waals surface area contributed by atoms with Crippen molar-refractivity contribution in [1.29, 1.82) is 0 Å². The zero-order chi connectivity index (χ0) is 13.9. The maximum Gasteiger partial charge on any atom is 0.250 e. The van der Waals surface area contributed by atoms with Gasteiger partial charge in [-0.2, -0.15) is 0 Å². The maximum atomic E-state index is 11.9. The SMILES string of the molecule is CN(C)c1nccc(CNS(=O)(=O)c2cccs2)n1. The molecule has 0 atom stereocenters. The van der Waals surface area contributed by atoms with Gasteiger partial charge in [-0.05, 0) is 17.5 Å². The zero-order valence-corrected chi connectivity index (χ0v) is 12.2. The highest BCUT2D eigenvalue weighted by molar-refractivity contribution is 7.91. The van der Waals surface area contributed by atoms with Crippen molar-refractivity contribution in [2.24, 2.45) is 0 Å². The van der Waals surface area contributed by atoms with Gasteiger partial charge < -0.3 is 4.90 Å². The molecular weight excluding hydrogens is 284 g/mol. The summed E-state index contributed by atoms with van der Waals surface area (Å²) in [6.07, 6.45) is 1.61. The van der Waals surface area contributed by atoms with E-state index in [4.69, 9.17) is 0 Å². The Labute approximate surface area is 116 Å². The van der Waals surface area contributed by atoms with Crippen molar-refractivity contribution in [1.82, 2.24) is 14.7 Å². The fourth-order valence-corrected chi connectivity index (χ4v) is 3.39. The molecule has 0 saturated carbocycles. The normalized spacial score (nSPS) is 11.5. The molecule has 0 aliphatic rings. The minimum atomic E-state index is -3.45. The first-order valence-electron chi connectivity index (χ1n) is 5.51. The van der Waals surface area contributed by atoms with Crippen LogP contribution in [-0.2, 0) is 16.6 Å². The topological polar surface area (TPSA) is 75.2 Å². The number of anilines is 1. The average molecular weight is 298 g/mol. The van der Waals surface area contributed by atoms with Crippen LogP contribution in [0.1, 0.15) is 5.69 Å². The lowest BCUT2D eigenvalue weighted by molar-refractivity contribution is 0.582. The molecule has 0 aromatic carbocycles. The Morgan fingerprint density at radius 2 is 2.16 bits per heavy atom. The van der Waals surface area contributed by atoms with E-state index >= 15 is 0 Å². The summed E-state index contributed by atoms with van der Waals surface area (Å²) in [7, 11) is 0.203. The van der Waals surface area contributed by atoms with Gasteiger partial charge in [0.05, 0.1) is 12.2 Å². The highest BCUT2D eigenvalue weighted by Crippen LogP contribution is 2.15. The van der Waals surface area contributed by atoms with Crippen LogP contribution in [0.4, 0.5) is 5.95 Å². The first kappa shape index (κ1) is 13.9. The first-order valence-corrected chi connectivity index (χ1v) is 7.88. The van der Waals surface area contributed by atoms with Crippen molar-refractivity contribution in [3.8, 4) is 0 Å². The summed E-state index contributed by atoms with van der Waals surface area (Å²) in [5.41, 5.74) is 0.624. The van der Waals surface area contributed by atoms with Gasteiger partial charge in [0.25, 0.3) is 0 Å². The van der Waals surface area contributed by atoms with Crippen molar-refractivity contribution >= 4 is 27.3 Å². The van der Waals surface area contributed by atoms with Crippen LogP contribution in [0.25, 0.3) is 0 Å². The minimum Gasteiger partial charge on any atom is -0.347 e. The standard InChI is InChI=1S/C11H14N4O2S2/c1-15(2)11-12-6-5-9(14-11)8-13-19(16,17)10-4-3-7-18-10/h3-7,13H,8H2,1-2H3. The lowest BCUT2D eigenvalue weighted by Crippen LogP contribution is -2.23. The Morgan fingerprint density at radius 3 is 2.79 bits per heavy atom. The number of hydrogen-bond acceptors (Lipinski definition) is 6. The smallest absolute Gasteiger partial charge is 0.250 e. The molecule has 0 spiro atoms. The molecule has 2 heterocycles. The van der Waals surface area contributed by atoms with Crippen molar-refractivity contribution in [2.75, 3.05) is 19.0 Å². The van der Waals surface area contributed by atoms with E-state index in [9.17, 15) is 8.42 Å². The summed E-state index contributed by atoms with van der Waals surface area (Å²) in [5.74, 6) is 0.549. The molecule has 0 bridgehead atoms. The average Bonchev–Trinajstić information content (AvgIpc) is 2.91. The van der Waals surface area contributed by atoms with Crippen LogP contribution in [0.3, 0.4) is 0 Å². The zero-order valence-electron chi connectivity index (χ0n) is 10.6. The first-order chi connectivity index (χ1) is 8.99. The summed E-state index contributed by atoms with van der Waals surface area (Å²) < 4.78 is 26.7. The van der Waals surface area contributed by atoms with Crippen molar-refractivity contribution < 1.29 is 8.42 Å². The predicted octanol–water partition coefficient (Wildman–Crippen LogP) is 1.08. The van der Waals surface area contributed by atoms with E-state index in [-0.39, 0.29) is 6.54 Å². The van der Waals surface area contributed by atoms with Gasteiger partial charge in [0.1, 0.15) is 4.21 Å². The highest BCUT2D eigenvalue weighted by atomic mass is 32.2. The van der Waals surface area contributed by atoms with Crippen LogP contribution < -0.4 is 9.62 Å². The fraction of sp³-hybridized carbons (Fsp3) is 0.273. The third-order valence-corrected chi connectivity index (χ3v) is 5.10. The van der Waals surface area contributed by atoms with Crippen molar-refractivity contribution in [2.45, 2.75) is 10.8 Å². The Kier molecular flexibility index (Phi) is 4.13. The van der Waals surface area contributed by atoms with E-state index < -0.39 is 10.0 Å². The molecule has 0 fully saturated rings. The summed E-state index contributed by atoms with van der Waals surface area (Å²) in [6.45, 7) is 0.142. The Hall–Kier alpha value is -1.51. The summed E-state index contributed by atoms with van der Waals surface area (Å²) in [5, 5.41) is 1.73. The predicted molar refractivity (Wildman–Crippen MR) is 74.7 cm³/mol. The number of nitrogens with one attached hydrogen (secondary N) is 1. The monoisotopic (exact) mass is 298 g/mol. The molecule has 19 heavy (non-hydrogen) atoms. The summed E-state index contributed by atoms with van der Waals surface area (Å²) in [6, 6.07) is 4.95. The Morgan fingerprint density at radius 1 is 1.37 bits per heavy atom. The molecule has 2 aromatic rings. The minimum absolute atomic E-state index is 0.142. The quantitative estimate of drug-likeness (QED) is 0.894. The van der Waals surface area contributed by atoms with Gasteiger partial charge in [-0.25, -0.2) is 23.1 Å². The van der Waals surface area contributed by atoms with E-state index in [0.717, 1.165) is 0 Å².